The van der Waals surface area contributed by atoms with Gasteiger partial charge in [0.15, 0.2) is 0 Å². The molecule has 0 bridgehead atoms. The molecule has 0 amide bonds. The molecule has 2 heterocycles. The standard InChI is InChI=1S/C10H12N4/c11-5-4-9-10(14-7-13-9)8-3-1-2-6-12-8/h1-3,6-7H,4-5,11H2,(H,13,14). The van der Waals surface area contributed by atoms with Crippen LogP contribution in [0.25, 0.3) is 11.4 Å². The highest BCUT2D eigenvalue weighted by atomic mass is 14.9. The number of H-pyrrole nitrogens is 1. The summed E-state index contributed by atoms with van der Waals surface area (Å²) in [6.07, 6.45) is 4.23. The van der Waals surface area contributed by atoms with E-state index in [0.29, 0.717) is 6.54 Å². The smallest absolute Gasteiger partial charge is 0.110 e. The van der Waals surface area contributed by atoms with Crippen LogP contribution in [0.5, 0.6) is 0 Å². The zero-order valence-electron chi connectivity index (χ0n) is 7.77. The summed E-state index contributed by atoms with van der Waals surface area (Å²) in [5, 5.41) is 0. The molecule has 0 aromatic carbocycles. The van der Waals surface area contributed by atoms with E-state index >= 15 is 0 Å². The maximum atomic E-state index is 5.50. The summed E-state index contributed by atoms with van der Waals surface area (Å²) in [5.74, 6) is 0. The quantitative estimate of drug-likeness (QED) is 0.754. The molecule has 3 N–H and O–H groups in total. The minimum Gasteiger partial charge on any atom is -0.348 e. The molecule has 2 aromatic heterocycles. The maximum absolute atomic E-state index is 5.50. The number of nitrogens with two attached hydrogens (primary N) is 1. The Balaban J connectivity index is 2.37. The number of hydrogen-bond donors (Lipinski definition) is 2. The van der Waals surface area contributed by atoms with Crippen molar-refractivity contribution in [1.82, 2.24) is 15.0 Å². The van der Waals surface area contributed by atoms with Gasteiger partial charge in [-0.2, -0.15) is 0 Å². The van der Waals surface area contributed by atoms with Gasteiger partial charge in [0.25, 0.3) is 0 Å². The van der Waals surface area contributed by atoms with E-state index in [1.807, 2.05) is 18.2 Å². The van der Waals surface area contributed by atoms with Gasteiger partial charge in [0.2, 0.25) is 0 Å². The fraction of sp³-hybridized carbons (Fsp3) is 0.200. The first kappa shape index (κ1) is 8.90. The Morgan fingerprint density at radius 2 is 2.21 bits per heavy atom. The normalized spacial score (nSPS) is 10.4. The lowest BCUT2D eigenvalue weighted by atomic mass is 10.2. The van der Waals surface area contributed by atoms with Crippen molar-refractivity contribution in [1.29, 1.82) is 0 Å². The number of nitrogens with zero attached hydrogens (tertiary/aromatic N) is 2. The van der Waals surface area contributed by atoms with Crippen LogP contribution in [0.4, 0.5) is 0 Å². The maximum Gasteiger partial charge on any atom is 0.110 e. The molecule has 0 radical (unpaired) electrons. The summed E-state index contributed by atoms with van der Waals surface area (Å²) in [6.45, 7) is 0.613. The molecular formula is C10H12N4. The number of pyridine rings is 1. The average Bonchev–Trinajstić information content (AvgIpc) is 2.68. The molecule has 4 heteroatoms. The van der Waals surface area contributed by atoms with Crippen molar-refractivity contribution < 1.29 is 0 Å². The van der Waals surface area contributed by atoms with E-state index in [1.165, 1.54) is 0 Å². The first-order chi connectivity index (χ1) is 6.92. The van der Waals surface area contributed by atoms with Crippen LogP contribution in [0.1, 0.15) is 5.69 Å². The average molecular weight is 188 g/mol. The van der Waals surface area contributed by atoms with Gasteiger partial charge in [-0.05, 0) is 18.7 Å². The molecule has 0 spiro atoms. The van der Waals surface area contributed by atoms with Crippen LogP contribution in [0.3, 0.4) is 0 Å². The Morgan fingerprint density at radius 3 is 2.93 bits per heavy atom. The summed E-state index contributed by atoms with van der Waals surface area (Å²) < 4.78 is 0. The molecule has 0 aliphatic heterocycles. The lowest BCUT2D eigenvalue weighted by Gasteiger charge is -1.99. The molecule has 0 fully saturated rings. The van der Waals surface area contributed by atoms with Gasteiger partial charge in [0, 0.05) is 18.3 Å². The van der Waals surface area contributed by atoms with Crippen LogP contribution in [0.15, 0.2) is 30.7 Å². The minimum absolute atomic E-state index is 0.613. The summed E-state index contributed by atoms with van der Waals surface area (Å²) in [6, 6.07) is 5.78. The third-order valence-corrected chi connectivity index (χ3v) is 2.02. The highest BCUT2D eigenvalue weighted by molar-refractivity contribution is 5.56. The van der Waals surface area contributed by atoms with E-state index in [1.54, 1.807) is 12.5 Å². The molecule has 0 unspecified atom stereocenters. The topological polar surface area (TPSA) is 67.6 Å². The van der Waals surface area contributed by atoms with E-state index in [-0.39, 0.29) is 0 Å². The van der Waals surface area contributed by atoms with Crippen LogP contribution in [-0.4, -0.2) is 21.5 Å². The molecule has 0 aliphatic carbocycles. The Hall–Kier alpha value is -1.68. The van der Waals surface area contributed by atoms with E-state index in [0.717, 1.165) is 23.5 Å². The molecular weight excluding hydrogens is 176 g/mol. The highest BCUT2D eigenvalue weighted by Gasteiger charge is 2.07. The van der Waals surface area contributed by atoms with Crippen LogP contribution < -0.4 is 5.73 Å². The predicted molar refractivity (Wildman–Crippen MR) is 54.6 cm³/mol. The van der Waals surface area contributed by atoms with Crippen LogP contribution in [-0.2, 0) is 6.42 Å². The molecule has 0 aliphatic rings. The molecule has 0 saturated heterocycles. The van der Waals surface area contributed by atoms with E-state index in [9.17, 15) is 0 Å². The van der Waals surface area contributed by atoms with Gasteiger partial charge in [0.05, 0.1) is 12.0 Å². The zero-order valence-corrected chi connectivity index (χ0v) is 7.77. The predicted octanol–water partition coefficient (Wildman–Crippen LogP) is 0.973. The van der Waals surface area contributed by atoms with Crippen molar-refractivity contribution in [2.75, 3.05) is 6.54 Å². The second-order valence-electron chi connectivity index (χ2n) is 2.98. The molecule has 72 valence electrons. The van der Waals surface area contributed by atoms with Crippen molar-refractivity contribution in [2.24, 2.45) is 5.73 Å². The van der Waals surface area contributed by atoms with Gasteiger partial charge in [-0.15, -0.1) is 0 Å². The van der Waals surface area contributed by atoms with Crippen LogP contribution in [0.2, 0.25) is 0 Å². The van der Waals surface area contributed by atoms with E-state index < -0.39 is 0 Å². The van der Waals surface area contributed by atoms with Crippen LogP contribution >= 0.6 is 0 Å². The Bertz CT molecular complexity index is 394. The van der Waals surface area contributed by atoms with Gasteiger partial charge in [-0.1, -0.05) is 6.07 Å². The van der Waals surface area contributed by atoms with Crippen molar-refractivity contribution in [3.8, 4) is 11.4 Å². The molecule has 2 rings (SSSR count). The van der Waals surface area contributed by atoms with E-state index in [4.69, 9.17) is 5.73 Å². The number of hydrogen-bond acceptors (Lipinski definition) is 3. The van der Waals surface area contributed by atoms with Gasteiger partial charge in [0.1, 0.15) is 5.69 Å². The molecule has 4 nitrogen and oxygen atoms in total. The largest absolute Gasteiger partial charge is 0.348 e. The Labute approximate surface area is 82.2 Å². The second-order valence-corrected chi connectivity index (χ2v) is 2.98. The summed E-state index contributed by atoms with van der Waals surface area (Å²) in [4.78, 5) is 11.5. The molecule has 14 heavy (non-hydrogen) atoms. The number of aromatic amines is 1. The fourth-order valence-electron chi connectivity index (χ4n) is 1.38. The summed E-state index contributed by atoms with van der Waals surface area (Å²) >= 11 is 0. The first-order valence-electron chi connectivity index (χ1n) is 4.55. The van der Waals surface area contributed by atoms with Gasteiger partial charge < -0.3 is 10.7 Å². The third kappa shape index (κ3) is 1.65. The summed E-state index contributed by atoms with van der Waals surface area (Å²) in [7, 11) is 0. The zero-order chi connectivity index (χ0) is 9.80. The lowest BCUT2D eigenvalue weighted by molar-refractivity contribution is 0.935. The van der Waals surface area contributed by atoms with E-state index in [2.05, 4.69) is 15.0 Å². The second kappa shape index (κ2) is 4.02. The first-order valence-corrected chi connectivity index (χ1v) is 4.55. The molecule has 0 saturated carbocycles. The number of rotatable bonds is 3. The van der Waals surface area contributed by atoms with Crippen molar-refractivity contribution in [2.45, 2.75) is 6.42 Å². The monoisotopic (exact) mass is 188 g/mol. The van der Waals surface area contributed by atoms with Gasteiger partial charge in [-0.3, -0.25) is 4.98 Å². The van der Waals surface area contributed by atoms with Gasteiger partial charge in [-0.25, -0.2) is 4.98 Å². The van der Waals surface area contributed by atoms with Crippen molar-refractivity contribution >= 4 is 0 Å². The number of aromatic nitrogens is 3. The summed E-state index contributed by atoms with van der Waals surface area (Å²) in [5.41, 5.74) is 8.33. The van der Waals surface area contributed by atoms with Crippen molar-refractivity contribution in [3.05, 3.63) is 36.4 Å². The molecule has 2 aromatic rings. The fourth-order valence-corrected chi connectivity index (χ4v) is 1.38. The number of nitrogens with one attached hydrogen (secondary N) is 1. The Morgan fingerprint density at radius 1 is 1.29 bits per heavy atom. The third-order valence-electron chi connectivity index (χ3n) is 2.02. The lowest BCUT2D eigenvalue weighted by Crippen LogP contribution is -2.04. The Kier molecular flexibility index (Phi) is 2.55. The highest BCUT2D eigenvalue weighted by Crippen LogP contribution is 2.17. The SMILES string of the molecule is NCCc1[nH]cnc1-c1ccccn1. The van der Waals surface area contributed by atoms with Gasteiger partial charge >= 0.3 is 0 Å². The van der Waals surface area contributed by atoms with Crippen LogP contribution in [0, 0.1) is 0 Å². The van der Waals surface area contributed by atoms with Crippen molar-refractivity contribution in [3.63, 3.8) is 0 Å². The number of imidazole rings is 1. The molecule has 0 atom stereocenters. The minimum atomic E-state index is 0.613.